The van der Waals surface area contributed by atoms with E-state index in [1.165, 1.54) is 19.3 Å². The van der Waals surface area contributed by atoms with Gasteiger partial charge in [0.25, 0.3) is 0 Å². The molecule has 0 amide bonds. The number of hydrogen-bond donors (Lipinski definition) is 1. The lowest BCUT2D eigenvalue weighted by Gasteiger charge is -2.28. The van der Waals surface area contributed by atoms with Crippen molar-refractivity contribution in [2.75, 3.05) is 30.4 Å². The van der Waals surface area contributed by atoms with Crippen molar-refractivity contribution in [3.05, 3.63) is 66.2 Å². The fourth-order valence-corrected chi connectivity index (χ4v) is 3.48. The number of nitrogens with zero attached hydrogens (tertiary/aromatic N) is 3. The molecule has 1 aliphatic rings. The van der Waals surface area contributed by atoms with Gasteiger partial charge in [0.05, 0.1) is 12.8 Å². The molecule has 0 atom stereocenters. The van der Waals surface area contributed by atoms with Crippen molar-refractivity contribution in [1.82, 2.24) is 9.97 Å². The van der Waals surface area contributed by atoms with Crippen LogP contribution in [0.15, 0.2) is 60.7 Å². The lowest BCUT2D eigenvalue weighted by Crippen LogP contribution is -2.30. The average Bonchev–Trinajstić information content (AvgIpc) is 2.79. The first kappa shape index (κ1) is 18.3. The van der Waals surface area contributed by atoms with Gasteiger partial charge in [-0.2, -0.15) is 4.98 Å². The Balaban J connectivity index is 1.59. The molecule has 0 radical (unpaired) electrons. The Morgan fingerprint density at radius 3 is 2.39 bits per heavy atom. The van der Waals surface area contributed by atoms with E-state index in [0.717, 1.165) is 41.5 Å². The molecule has 4 rings (SSSR count). The van der Waals surface area contributed by atoms with Crippen LogP contribution in [-0.2, 0) is 6.54 Å². The molecule has 28 heavy (non-hydrogen) atoms. The summed E-state index contributed by atoms with van der Waals surface area (Å²) in [6.45, 7) is 2.79. The number of nitrogens with one attached hydrogen (secondary N) is 1. The lowest BCUT2D eigenvalue weighted by molar-refractivity contribution is 0.414. The van der Waals surface area contributed by atoms with Crippen LogP contribution in [0.25, 0.3) is 11.3 Å². The first-order chi connectivity index (χ1) is 13.8. The van der Waals surface area contributed by atoms with E-state index in [0.29, 0.717) is 12.5 Å². The summed E-state index contributed by atoms with van der Waals surface area (Å²) in [6.07, 6.45) is 3.74. The van der Waals surface area contributed by atoms with Crippen LogP contribution in [-0.4, -0.2) is 30.2 Å². The van der Waals surface area contributed by atoms with E-state index in [1.807, 2.05) is 30.3 Å². The van der Waals surface area contributed by atoms with Gasteiger partial charge in [-0.25, -0.2) is 4.98 Å². The highest BCUT2D eigenvalue weighted by molar-refractivity contribution is 5.64. The fraction of sp³-hybridized carbons (Fsp3) is 0.304. The summed E-state index contributed by atoms with van der Waals surface area (Å²) in [7, 11) is 1.68. The Hall–Kier alpha value is -3.08. The monoisotopic (exact) mass is 374 g/mol. The second-order valence-electron chi connectivity index (χ2n) is 7.05. The van der Waals surface area contributed by atoms with Gasteiger partial charge in [0.1, 0.15) is 11.6 Å². The molecular weight excluding hydrogens is 348 g/mol. The summed E-state index contributed by atoms with van der Waals surface area (Å²) < 4.78 is 5.23. The molecule has 0 unspecified atom stereocenters. The summed E-state index contributed by atoms with van der Waals surface area (Å²) in [6, 6.07) is 20.5. The summed E-state index contributed by atoms with van der Waals surface area (Å²) >= 11 is 0. The van der Waals surface area contributed by atoms with Crippen molar-refractivity contribution in [2.45, 2.75) is 25.8 Å². The number of methoxy groups -OCH3 is 1. The summed E-state index contributed by atoms with van der Waals surface area (Å²) in [5.74, 6) is 2.53. The third kappa shape index (κ3) is 4.42. The Bertz CT molecular complexity index is 890. The fourth-order valence-electron chi connectivity index (χ4n) is 3.48. The molecule has 0 aliphatic carbocycles. The molecule has 1 saturated heterocycles. The molecular formula is C23H26N4O. The highest BCUT2D eigenvalue weighted by Crippen LogP contribution is 2.25. The molecule has 5 heteroatoms. The van der Waals surface area contributed by atoms with Crippen LogP contribution in [0.1, 0.15) is 24.8 Å². The van der Waals surface area contributed by atoms with E-state index < -0.39 is 0 Å². The summed E-state index contributed by atoms with van der Waals surface area (Å²) in [5, 5.41) is 3.40. The minimum atomic E-state index is 0.665. The molecule has 2 aromatic carbocycles. The maximum atomic E-state index is 5.23. The first-order valence-corrected chi connectivity index (χ1v) is 9.88. The Kier molecular flexibility index (Phi) is 5.71. The molecule has 1 fully saturated rings. The normalized spacial score (nSPS) is 14.0. The van der Waals surface area contributed by atoms with Crippen molar-refractivity contribution >= 4 is 11.8 Å². The highest BCUT2D eigenvalue weighted by Gasteiger charge is 2.15. The van der Waals surface area contributed by atoms with Crippen LogP contribution in [0.4, 0.5) is 11.8 Å². The van der Waals surface area contributed by atoms with Crippen LogP contribution in [0, 0.1) is 0 Å². The lowest BCUT2D eigenvalue weighted by atomic mass is 10.1. The Labute approximate surface area is 166 Å². The zero-order valence-electron chi connectivity index (χ0n) is 16.3. The molecule has 5 nitrogen and oxygen atoms in total. The largest absolute Gasteiger partial charge is 0.497 e. The van der Waals surface area contributed by atoms with Gasteiger partial charge in [-0.1, -0.05) is 42.5 Å². The second-order valence-corrected chi connectivity index (χ2v) is 7.05. The van der Waals surface area contributed by atoms with E-state index in [4.69, 9.17) is 14.7 Å². The van der Waals surface area contributed by atoms with Crippen LogP contribution in [0.2, 0.25) is 0 Å². The van der Waals surface area contributed by atoms with E-state index in [1.54, 1.807) is 7.11 Å². The van der Waals surface area contributed by atoms with Crippen molar-refractivity contribution < 1.29 is 4.74 Å². The maximum Gasteiger partial charge on any atom is 0.225 e. The summed E-state index contributed by atoms with van der Waals surface area (Å²) in [4.78, 5) is 12.0. The van der Waals surface area contributed by atoms with E-state index in [2.05, 4.69) is 40.5 Å². The molecule has 1 N–H and O–H groups in total. The third-order valence-electron chi connectivity index (χ3n) is 5.07. The number of benzene rings is 2. The third-order valence-corrected chi connectivity index (χ3v) is 5.07. The van der Waals surface area contributed by atoms with Gasteiger partial charge in [0.2, 0.25) is 5.95 Å². The topological polar surface area (TPSA) is 50.3 Å². The van der Waals surface area contributed by atoms with Crippen molar-refractivity contribution in [1.29, 1.82) is 0 Å². The van der Waals surface area contributed by atoms with Crippen molar-refractivity contribution in [3.63, 3.8) is 0 Å². The van der Waals surface area contributed by atoms with Crippen LogP contribution in [0.3, 0.4) is 0 Å². The maximum absolute atomic E-state index is 5.23. The molecule has 144 valence electrons. The molecule has 0 spiro atoms. The predicted molar refractivity (Wildman–Crippen MR) is 114 cm³/mol. The number of anilines is 2. The van der Waals surface area contributed by atoms with Gasteiger partial charge in [0, 0.05) is 31.3 Å². The van der Waals surface area contributed by atoms with Gasteiger partial charge >= 0.3 is 0 Å². The smallest absolute Gasteiger partial charge is 0.225 e. The van der Waals surface area contributed by atoms with E-state index in [9.17, 15) is 0 Å². The molecule has 0 bridgehead atoms. The number of aromatic nitrogens is 2. The quantitative estimate of drug-likeness (QED) is 0.674. The van der Waals surface area contributed by atoms with E-state index >= 15 is 0 Å². The molecule has 0 saturated carbocycles. The molecule has 1 aliphatic heterocycles. The minimum Gasteiger partial charge on any atom is -0.497 e. The molecule has 2 heterocycles. The predicted octanol–water partition coefficient (Wildman–Crippen LogP) is 4.75. The number of hydrogen-bond acceptors (Lipinski definition) is 5. The van der Waals surface area contributed by atoms with Crippen molar-refractivity contribution in [2.24, 2.45) is 0 Å². The zero-order valence-corrected chi connectivity index (χ0v) is 16.3. The first-order valence-electron chi connectivity index (χ1n) is 9.88. The molecule has 3 aromatic rings. The zero-order chi connectivity index (χ0) is 19.2. The van der Waals surface area contributed by atoms with Crippen LogP contribution in [0.5, 0.6) is 5.75 Å². The standard InChI is InChI=1S/C23H26N4O/c1-28-20-12-10-18(11-13-20)17-24-23-25-21(19-8-4-2-5-9-19)16-22(26-23)27-14-6-3-7-15-27/h2,4-5,8-13,16H,3,6-7,14-15,17H2,1H3,(H,24,25,26). The van der Waals surface area contributed by atoms with E-state index in [-0.39, 0.29) is 0 Å². The Morgan fingerprint density at radius 1 is 0.929 bits per heavy atom. The van der Waals surface area contributed by atoms with Gasteiger partial charge < -0.3 is 15.0 Å². The Morgan fingerprint density at radius 2 is 1.68 bits per heavy atom. The highest BCUT2D eigenvalue weighted by atomic mass is 16.5. The van der Waals surface area contributed by atoms with Gasteiger partial charge in [-0.3, -0.25) is 0 Å². The van der Waals surface area contributed by atoms with Crippen molar-refractivity contribution in [3.8, 4) is 17.0 Å². The van der Waals surface area contributed by atoms with Gasteiger partial charge in [-0.15, -0.1) is 0 Å². The van der Waals surface area contributed by atoms with Crippen LogP contribution >= 0.6 is 0 Å². The number of ether oxygens (including phenoxy) is 1. The SMILES string of the molecule is COc1ccc(CNc2nc(-c3ccccc3)cc(N3CCCCC3)n2)cc1. The van der Waals surface area contributed by atoms with Gasteiger partial charge in [0.15, 0.2) is 0 Å². The number of rotatable bonds is 6. The number of piperidine rings is 1. The van der Waals surface area contributed by atoms with Crippen LogP contribution < -0.4 is 15.0 Å². The van der Waals surface area contributed by atoms with Gasteiger partial charge in [-0.05, 0) is 37.0 Å². The second kappa shape index (κ2) is 8.74. The average molecular weight is 374 g/mol. The summed E-state index contributed by atoms with van der Waals surface area (Å²) in [5.41, 5.74) is 3.22. The minimum absolute atomic E-state index is 0.665. The molecule has 1 aromatic heterocycles.